The maximum atomic E-state index is 14.8. The monoisotopic (exact) mass is 789 g/mol. The molecule has 3 N–H and O–H groups in total. The Kier molecular flexibility index (Phi) is 19.9. The van der Waals surface area contributed by atoms with E-state index in [0.717, 1.165) is 74.4 Å². The topological polar surface area (TPSA) is 111 Å². The van der Waals surface area contributed by atoms with E-state index in [1.807, 2.05) is 38.1 Å². The largest absolute Gasteiger partial charge is 0.493 e. The lowest BCUT2D eigenvalue weighted by atomic mass is 9.90. The molecule has 3 atom stereocenters. The van der Waals surface area contributed by atoms with Gasteiger partial charge in [-0.3, -0.25) is 14.0 Å². The lowest BCUT2D eigenvalue weighted by Gasteiger charge is -2.34. The summed E-state index contributed by atoms with van der Waals surface area (Å²) in [7, 11) is 0.500. The average Bonchev–Trinajstić information content (AvgIpc) is 3.22. The first-order valence-corrected chi connectivity index (χ1v) is 21.2. The van der Waals surface area contributed by atoms with Gasteiger partial charge in [-0.15, -0.1) is 0 Å². The van der Waals surface area contributed by atoms with E-state index in [9.17, 15) is 23.9 Å². The first-order valence-electron chi connectivity index (χ1n) is 21.2. The fourth-order valence-electron chi connectivity index (χ4n) is 7.98. The minimum absolute atomic E-state index is 0.0172. The summed E-state index contributed by atoms with van der Waals surface area (Å²) in [5, 5.41) is 16.6. The molecule has 2 aliphatic rings. The molecule has 2 amide bonds. The van der Waals surface area contributed by atoms with Crippen LogP contribution in [0.3, 0.4) is 0 Å². The van der Waals surface area contributed by atoms with Gasteiger partial charge in [-0.25, -0.2) is 4.79 Å². The number of anilines is 2. The van der Waals surface area contributed by atoms with Crippen molar-refractivity contribution in [1.29, 1.82) is 0 Å². The SMILES string of the molecule is CC.CCOc1cc(C(C(=O)NC(CC(C)C)c2ccccc2N2CCCCC2)C(=O)N[C@@H](CC(C)C)c2ccccc2N2CCCCC2)ccc1C(=O)O.CF. The van der Waals surface area contributed by atoms with Crippen LogP contribution in [0.4, 0.5) is 15.8 Å². The molecule has 10 heteroatoms. The fraction of sp³-hybridized carbons (Fsp3) is 0.553. The third-order valence-corrected chi connectivity index (χ3v) is 10.5. The van der Waals surface area contributed by atoms with Crippen molar-refractivity contribution in [2.45, 2.75) is 118 Å². The van der Waals surface area contributed by atoms with E-state index in [-0.39, 0.29) is 41.8 Å². The zero-order valence-electron chi connectivity index (χ0n) is 35.8. The minimum atomic E-state index is -1.26. The van der Waals surface area contributed by atoms with Crippen LogP contribution in [0.25, 0.3) is 0 Å². The van der Waals surface area contributed by atoms with Gasteiger partial charge in [-0.1, -0.05) is 84.0 Å². The van der Waals surface area contributed by atoms with Crippen molar-refractivity contribution >= 4 is 29.2 Å². The van der Waals surface area contributed by atoms with Crippen LogP contribution in [-0.4, -0.2) is 62.9 Å². The Balaban J connectivity index is 0.00000211. The number of carboxylic acids is 1. The number of ether oxygens (including phenoxy) is 1. The lowest BCUT2D eigenvalue weighted by Crippen LogP contribution is -2.43. The highest BCUT2D eigenvalue weighted by atomic mass is 19.1. The van der Waals surface area contributed by atoms with E-state index < -0.39 is 23.7 Å². The van der Waals surface area contributed by atoms with Gasteiger partial charge in [-0.2, -0.15) is 0 Å². The number of rotatable bonds is 16. The third kappa shape index (κ3) is 13.2. The van der Waals surface area contributed by atoms with Crippen molar-refractivity contribution in [3.63, 3.8) is 0 Å². The smallest absolute Gasteiger partial charge is 0.339 e. The first-order chi connectivity index (χ1) is 27.6. The Bertz CT molecular complexity index is 1600. The number of nitrogens with one attached hydrogen (secondary N) is 2. The minimum Gasteiger partial charge on any atom is -0.493 e. The van der Waals surface area contributed by atoms with E-state index in [0.29, 0.717) is 25.6 Å². The maximum absolute atomic E-state index is 14.8. The number of hydrogen-bond acceptors (Lipinski definition) is 6. The summed E-state index contributed by atoms with van der Waals surface area (Å²) in [4.78, 5) is 46.6. The molecule has 0 radical (unpaired) electrons. The van der Waals surface area contributed by atoms with Crippen LogP contribution >= 0.6 is 0 Å². The molecule has 3 aromatic rings. The summed E-state index contributed by atoms with van der Waals surface area (Å²) in [5.74, 6) is -2.59. The lowest BCUT2D eigenvalue weighted by molar-refractivity contribution is -0.132. The molecule has 2 heterocycles. The molecule has 57 heavy (non-hydrogen) atoms. The molecule has 2 fully saturated rings. The number of benzene rings is 3. The molecule has 0 bridgehead atoms. The standard InChI is InChI=1S/C44H60N4O5.C2H6.CH3F/c1-6-53-40-29-32(21-22-35(40)44(51)52)41(42(49)45-36(27-30(2)3)33-17-9-11-19-38(33)47-23-13-7-14-24-47)43(50)46-37(28-31(4)5)34-18-10-12-20-39(34)48-25-15-8-16-26-48;2*1-2/h9-12,17-22,29-31,36-37,41H,6-8,13-16,23-28H2,1-5H3,(H,45,49)(H,46,50)(H,51,52);1-2H3;1H3/t36-,37?,41?;;/m0../s1. The van der Waals surface area contributed by atoms with E-state index in [1.165, 1.54) is 18.9 Å². The van der Waals surface area contributed by atoms with Gasteiger partial charge in [0.2, 0.25) is 11.8 Å². The molecule has 9 nitrogen and oxygen atoms in total. The van der Waals surface area contributed by atoms with Crippen LogP contribution < -0.4 is 25.2 Å². The van der Waals surface area contributed by atoms with Gasteiger partial charge in [0.15, 0.2) is 0 Å². The number of carboxylic acid groups (broad SMARTS) is 1. The quantitative estimate of drug-likeness (QED) is 0.124. The molecule has 0 saturated carbocycles. The van der Waals surface area contributed by atoms with Gasteiger partial charge in [0.25, 0.3) is 0 Å². The van der Waals surface area contributed by atoms with E-state index >= 15 is 0 Å². The summed E-state index contributed by atoms with van der Waals surface area (Å²) in [5.41, 5.74) is 4.69. The number of hydrogen-bond donors (Lipinski definition) is 3. The number of aromatic carboxylic acids is 1. The molecule has 2 unspecified atom stereocenters. The summed E-state index contributed by atoms with van der Waals surface area (Å²) in [6.07, 6.45) is 8.32. The van der Waals surface area contributed by atoms with Gasteiger partial charge in [0.1, 0.15) is 17.2 Å². The Morgan fingerprint density at radius 3 is 1.49 bits per heavy atom. The summed E-state index contributed by atoms with van der Waals surface area (Å²) in [6, 6.07) is 20.5. The maximum Gasteiger partial charge on any atom is 0.339 e. The van der Waals surface area contributed by atoms with E-state index in [4.69, 9.17) is 4.74 Å². The number of para-hydroxylation sites is 2. The second-order valence-corrected chi connectivity index (χ2v) is 15.5. The van der Waals surface area contributed by atoms with Crippen molar-refractivity contribution in [2.75, 3.05) is 49.8 Å². The van der Waals surface area contributed by atoms with E-state index in [2.05, 4.69) is 72.4 Å². The summed E-state index contributed by atoms with van der Waals surface area (Å²) >= 11 is 0. The van der Waals surface area contributed by atoms with Crippen molar-refractivity contribution < 1.29 is 28.6 Å². The molecular weight excluding hydrogens is 720 g/mol. The molecule has 314 valence electrons. The molecule has 2 aliphatic heterocycles. The normalized spacial score (nSPS) is 15.6. The Morgan fingerprint density at radius 2 is 1.11 bits per heavy atom. The number of piperidine rings is 2. The van der Waals surface area contributed by atoms with Crippen LogP contribution in [0.5, 0.6) is 5.75 Å². The van der Waals surface area contributed by atoms with Crippen molar-refractivity contribution in [3.05, 3.63) is 89.0 Å². The predicted molar refractivity (Wildman–Crippen MR) is 231 cm³/mol. The molecule has 0 aliphatic carbocycles. The van der Waals surface area contributed by atoms with Gasteiger partial charge in [0.05, 0.1) is 25.9 Å². The number of nitrogens with zero attached hydrogens (tertiary/aromatic N) is 2. The predicted octanol–water partition coefficient (Wildman–Crippen LogP) is 10.3. The van der Waals surface area contributed by atoms with Gasteiger partial charge < -0.3 is 30.3 Å². The van der Waals surface area contributed by atoms with Crippen molar-refractivity contribution in [1.82, 2.24) is 10.6 Å². The van der Waals surface area contributed by atoms with Crippen LogP contribution in [0.2, 0.25) is 0 Å². The number of amides is 2. The third-order valence-electron chi connectivity index (χ3n) is 10.5. The first kappa shape index (κ1) is 46.8. The van der Waals surface area contributed by atoms with Gasteiger partial charge in [-0.05, 0) is 111 Å². The number of halogens is 1. The van der Waals surface area contributed by atoms with Crippen molar-refractivity contribution in [3.8, 4) is 5.75 Å². The zero-order chi connectivity index (χ0) is 41.9. The second kappa shape index (κ2) is 24.2. The number of carbonyl (C=O) groups is 3. The Hall–Kier alpha value is -4.60. The average molecular weight is 789 g/mol. The van der Waals surface area contributed by atoms with Crippen LogP contribution in [0.15, 0.2) is 66.7 Å². The van der Waals surface area contributed by atoms with Gasteiger partial charge >= 0.3 is 5.97 Å². The molecular formula is C47H69FN4O5. The van der Waals surface area contributed by atoms with Gasteiger partial charge in [0, 0.05) is 37.6 Å². The molecule has 3 aromatic carbocycles. The van der Waals surface area contributed by atoms with Crippen LogP contribution in [-0.2, 0) is 9.59 Å². The van der Waals surface area contributed by atoms with Crippen molar-refractivity contribution in [2.24, 2.45) is 11.8 Å². The molecule has 2 saturated heterocycles. The molecule has 0 aromatic heterocycles. The van der Waals surface area contributed by atoms with Crippen LogP contribution in [0, 0.1) is 11.8 Å². The van der Waals surface area contributed by atoms with Crippen LogP contribution in [0.1, 0.15) is 145 Å². The Labute approximate surface area is 341 Å². The molecule has 5 rings (SSSR count). The fourth-order valence-corrected chi connectivity index (χ4v) is 7.98. The van der Waals surface area contributed by atoms with E-state index in [1.54, 1.807) is 19.1 Å². The highest BCUT2D eigenvalue weighted by Crippen LogP contribution is 2.36. The highest BCUT2D eigenvalue weighted by molar-refractivity contribution is 6.06. The second-order valence-electron chi connectivity index (χ2n) is 15.5. The summed E-state index contributed by atoms with van der Waals surface area (Å²) in [6.45, 7) is 18.5. The number of alkyl halides is 1. The zero-order valence-corrected chi connectivity index (χ0v) is 35.8. The summed E-state index contributed by atoms with van der Waals surface area (Å²) < 4.78 is 15.3. The Morgan fingerprint density at radius 1 is 0.684 bits per heavy atom. The highest BCUT2D eigenvalue weighted by Gasteiger charge is 2.35. The number of carbonyl (C=O) groups excluding carboxylic acids is 2. The molecule has 0 spiro atoms.